The number of carbonyl (C=O) groups is 1. The molecule has 4 aliphatic rings. The summed E-state index contributed by atoms with van der Waals surface area (Å²) in [5.41, 5.74) is 1.42. The van der Waals surface area contributed by atoms with E-state index in [1.807, 2.05) is 13.0 Å². The van der Waals surface area contributed by atoms with Gasteiger partial charge in [-0.25, -0.2) is 0 Å². The second-order valence-corrected chi connectivity index (χ2v) is 9.59. The molecule has 3 saturated carbocycles. The van der Waals surface area contributed by atoms with E-state index < -0.39 is 0 Å². The van der Waals surface area contributed by atoms with Crippen LogP contribution in [-0.2, 0) is 4.79 Å². The van der Waals surface area contributed by atoms with E-state index in [0.29, 0.717) is 30.0 Å². The monoisotopic (exact) mass is 332 g/mol. The number of rotatable bonds is 1. The number of carbonyl (C=O) groups excluding carboxylic acids is 1. The molecule has 0 radical (unpaired) electrons. The van der Waals surface area contributed by atoms with E-state index in [9.17, 15) is 15.0 Å². The molecule has 0 spiro atoms. The minimum atomic E-state index is -0.276. The highest BCUT2D eigenvalue weighted by Crippen LogP contribution is 2.65. The van der Waals surface area contributed by atoms with Crippen LogP contribution in [0.15, 0.2) is 11.6 Å². The highest BCUT2D eigenvalue weighted by Gasteiger charge is 2.61. The highest BCUT2D eigenvalue weighted by atomic mass is 16.3. The predicted molar refractivity (Wildman–Crippen MR) is 93.3 cm³/mol. The van der Waals surface area contributed by atoms with E-state index in [1.54, 1.807) is 0 Å². The summed E-state index contributed by atoms with van der Waals surface area (Å²) < 4.78 is 0. The molecule has 24 heavy (non-hydrogen) atoms. The normalized spacial score (nSPS) is 52.1. The van der Waals surface area contributed by atoms with E-state index >= 15 is 0 Å². The molecule has 1 unspecified atom stereocenters. The Labute approximate surface area is 145 Å². The highest BCUT2D eigenvalue weighted by molar-refractivity contribution is 5.94. The first kappa shape index (κ1) is 16.8. The molecule has 0 bridgehead atoms. The third-order valence-corrected chi connectivity index (χ3v) is 8.58. The van der Waals surface area contributed by atoms with Crippen LogP contribution in [0.5, 0.6) is 0 Å². The van der Waals surface area contributed by atoms with Crippen molar-refractivity contribution in [1.82, 2.24) is 0 Å². The van der Waals surface area contributed by atoms with Gasteiger partial charge in [0.2, 0.25) is 0 Å². The van der Waals surface area contributed by atoms with Crippen LogP contribution >= 0.6 is 0 Å². The molecule has 0 heterocycles. The lowest BCUT2D eigenvalue weighted by atomic mass is 9.47. The molecule has 3 fully saturated rings. The van der Waals surface area contributed by atoms with E-state index in [4.69, 9.17) is 0 Å². The maximum Gasteiger partial charge on any atom is 0.159 e. The summed E-state index contributed by atoms with van der Waals surface area (Å²) in [6.45, 7) is 6.60. The van der Waals surface area contributed by atoms with Gasteiger partial charge in [0.05, 0.1) is 12.2 Å². The van der Waals surface area contributed by atoms with Crippen LogP contribution in [0.3, 0.4) is 0 Å². The summed E-state index contributed by atoms with van der Waals surface area (Å²) in [5, 5.41) is 20.3. The molecule has 134 valence electrons. The minimum Gasteiger partial charge on any atom is -0.393 e. The van der Waals surface area contributed by atoms with Gasteiger partial charge in [0.15, 0.2) is 5.78 Å². The van der Waals surface area contributed by atoms with Gasteiger partial charge >= 0.3 is 0 Å². The SMILES string of the molecule is CC(O)[C@H]1CC[C@H]2[C@@H]3C(=O)C=C4C[C@@H](O)CC[C@]4(C)[C@H]3CC[C@]12C. The lowest BCUT2D eigenvalue weighted by molar-refractivity contribution is -0.136. The zero-order chi connectivity index (χ0) is 17.3. The van der Waals surface area contributed by atoms with Gasteiger partial charge in [0.25, 0.3) is 0 Å². The van der Waals surface area contributed by atoms with Crippen LogP contribution in [0.25, 0.3) is 0 Å². The van der Waals surface area contributed by atoms with Gasteiger partial charge in [-0.2, -0.15) is 0 Å². The fourth-order valence-corrected chi connectivity index (χ4v) is 7.22. The van der Waals surface area contributed by atoms with Gasteiger partial charge < -0.3 is 10.2 Å². The van der Waals surface area contributed by atoms with Crippen molar-refractivity contribution in [2.45, 2.75) is 77.9 Å². The fourth-order valence-electron chi connectivity index (χ4n) is 7.22. The first-order chi connectivity index (χ1) is 11.3. The van der Waals surface area contributed by atoms with Crippen LogP contribution in [0.4, 0.5) is 0 Å². The van der Waals surface area contributed by atoms with Crippen LogP contribution in [0.1, 0.15) is 65.7 Å². The second kappa shape index (κ2) is 5.41. The van der Waals surface area contributed by atoms with Crippen LogP contribution < -0.4 is 0 Å². The number of hydrogen-bond acceptors (Lipinski definition) is 3. The Hall–Kier alpha value is -0.670. The largest absolute Gasteiger partial charge is 0.393 e. The van der Waals surface area contributed by atoms with Crippen LogP contribution in [-0.4, -0.2) is 28.2 Å². The zero-order valence-electron chi connectivity index (χ0n) is 15.3. The molecule has 0 aromatic rings. The fraction of sp³-hybridized carbons (Fsp3) is 0.857. The van der Waals surface area contributed by atoms with Crippen molar-refractivity contribution in [3.8, 4) is 0 Å². The average molecular weight is 332 g/mol. The Morgan fingerprint density at radius 3 is 2.58 bits per heavy atom. The van der Waals surface area contributed by atoms with Crippen molar-refractivity contribution in [2.24, 2.45) is 34.5 Å². The predicted octanol–water partition coefficient (Wildman–Crippen LogP) is 3.49. The summed E-state index contributed by atoms with van der Waals surface area (Å²) >= 11 is 0. The van der Waals surface area contributed by atoms with Gasteiger partial charge in [-0.3, -0.25) is 4.79 Å². The van der Waals surface area contributed by atoms with Gasteiger partial charge in [-0.1, -0.05) is 19.4 Å². The summed E-state index contributed by atoms with van der Waals surface area (Å²) in [4.78, 5) is 13.1. The number of aliphatic hydroxyl groups is 2. The summed E-state index contributed by atoms with van der Waals surface area (Å²) in [5.74, 6) is 1.64. The molecular formula is C21H32O3. The third-order valence-electron chi connectivity index (χ3n) is 8.58. The van der Waals surface area contributed by atoms with E-state index in [0.717, 1.165) is 38.5 Å². The number of allylic oxidation sites excluding steroid dienone is 1. The van der Waals surface area contributed by atoms with E-state index in [-0.39, 0.29) is 29.0 Å². The summed E-state index contributed by atoms with van der Waals surface area (Å²) in [6.07, 6.45) is 8.29. The lowest BCUT2D eigenvalue weighted by Gasteiger charge is -2.57. The Morgan fingerprint density at radius 1 is 1.12 bits per heavy atom. The summed E-state index contributed by atoms with van der Waals surface area (Å²) in [7, 11) is 0. The molecule has 3 heteroatoms. The minimum absolute atomic E-state index is 0.0993. The number of ketones is 1. The Morgan fingerprint density at radius 2 is 1.88 bits per heavy atom. The van der Waals surface area contributed by atoms with E-state index in [1.165, 1.54) is 5.57 Å². The topological polar surface area (TPSA) is 57.5 Å². The Bertz CT molecular complexity index is 580. The molecule has 0 amide bonds. The maximum absolute atomic E-state index is 13.1. The zero-order valence-corrected chi connectivity index (χ0v) is 15.3. The van der Waals surface area contributed by atoms with Gasteiger partial charge in [-0.05, 0) is 86.5 Å². The molecule has 0 aromatic heterocycles. The molecule has 2 N–H and O–H groups in total. The molecular weight excluding hydrogens is 300 g/mol. The Kier molecular flexibility index (Phi) is 3.78. The number of aliphatic hydroxyl groups excluding tert-OH is 2. The lowest BCUT2D eigenvalue weighted by Crippen LogP contribution is -2.54. The van der Waals surface area contributed by atoms with Crippen molar-refractivity contribution in [3.63, 3.8) is 0 Å². The van der Waals surface area contributed by atoms with Crippen molar-refractivity contribution >= 4 is 5.78 Å². The first-order valence-corrected chi connectivity index (χ1v) is 9.88. The third kappa shape index (κ3) is 2.13. The van der Waals surface area contributed by atoms with Crippen LogP contribution in [0.2, 0.25) is 0 Å². The van der Waals surface area contributed by atoms with Crippen molar-refractivity contribution in [1.29, 1.82) is 0 Å². The van der Waals surface area contributed by atoms with Gasteiger partial charge in [0.1, 0.15) is 0 Å². The molecule has 0 saturated heterocycles. The second-order valence-electron chi connectivity index (χ2n) is 9.59. The first-order valence-electron chi connectivity index (χ1n) is 9.88. The van der Waals surface area contributed by atoms with Gasteiger partial charge in [0, 0.05) is 5.92 Å². The molecule has 4 aliphatic carbocycles. The van der Waals surface area contributed by atoms with Crippen molar-refractivity contribution in [2.75, 3.05) is 0 Å². The van der Waals surface area contributed by atoms with Crippen molar-refractivity contribution in [3.05, 3.63) is 11.6 Å². The molecule has 0 aliphatic heterocycles. The van der Waals surface area contributed by atoms with Crippen molar-refractivity contribution < 1.29 is 15.0 Å². The smallest absolute Gasteiger partial charge is 0.159 e. The number of hydrogen-bond donors (Lipinski definition) is 2. The molecule has 4 rings (SSSR count). The molecule has 8 atom stereocenters. The van der Waals surface area contributed by atoms with Crippen LogP contribution in [0, 0.1) is 34.5 Å². The maximum atomic E-state index is 13.1. The molecule has 0 aromatic carbocycles. The quantitative estimate of drug-likeness (QED) is 0.773. The summed E-state index contributed by atoms with van der Waals surface area (Å²) in [6, 6.07) is 0. The van der Waals surface area contributed by atoms with Gasteiger partial charge in [-0.15, -0.1) is 0 Å². The standard InChI is InChI=1S/C21H32O3/c1-12(22)15-4-5-16-19-17(7-9-21(15,16)3)20(2)8-6-14(23)10-13(20)11-18(19)24/h11-12,14-17,19,22-23H,4-10H2,1-3H3/t12?,14-,15+,16-,17-,19-,20-,21+/m0/s1. The average Bonchev–Trinajstić information content (AvgIpc) is 2.86. The molecule has 3 nitrogen and oxygen atoms in total. The Balaban J connectivity index is 1.72. The number of fused-ring (bicyclic) bond motifs is 5. The van der Waals surface area contributed by atoms with E-state index in [2.05, 4.69) is 13.8 Å².